The van der Waals surface area contributed by atoms with E-state index in [0.717, 1.165) is 6.42 Å². The number of pyridine rings is 1. The van der Waals surface area contributed by atoms with E-state index < -0.39 is 0 Å². The SMILES string of the molecule is CCc1ccc(C(=O)N2CCN(C(=O)c3ccn(C)c(=O)c3)CC2)cc1. The molecule has 1 aliphatic rings. The van der Waals surface area contributed by atoms with Gasteiger partial charge in [0.1, 0.15) is 0 Å². The lowest BCUT2D eigenvalue weighted by Crippen LogP contribution is -2.50. The van der Waals surface area contributed by atoms with Crippen molar-refractivity contribution in [3.63, 3.8) is 0 Å². The van der Waals surface area contributed by atoms with Crippen LogP contribution in [0.3, 0.4) is 0 Å². The zero-order valence-electron chi connectivity index (χ0n) is 15.1. The Hall–Kier alpha value is -2.89. The molecule has 1 saturated heterocycles. The topological polar surface area (TPSA) is 62.6 Å². The predicted octanol–water partition coefficient (Wildman–Crippen LogP) is 1.55. The molecule has 0 unspecified atom stereocenters. The largest absolute Gasteiger partial charge is 0.335 e. The van der Waals surface area contributed by atoms with E-state index in [1.807, 2.05) is 24.3 Å². The van der Waals surface area contributed by atoms with Gasteiger partial charge in [0, 0.05) is 56.6 Å². The van der Waals surface area contributed by atoms with E-state index in [0.29, 0.717) is 37.3 Å². The molecular weight excluding hydrogens is 330 g/mol. The number of nitrogens with zero attached hydrogens (tertiary/aromatic N) is 3. The molecule has 3 rings (SSSR count). The van der Waals surface area contributed by atoms with Gasteiger partial charge in [0.2, 0.25) is 0 Å². The van der Waals surface area contributed by atoms with Crippen LogP contribution in [-0.2, 0) is 13.5 Å². The lowest BCUT2D eigenvalue weighted by Gasteiger charge is -2.34. The van der Waals surface area contributed by atoms with E-state index in [1.165, 1.54) is 16.2 Å². The highest BCUT2D eigenvalue weighted by molar-refractivity contribution is 5.96. The zero-order valence-corrected chi connectivity index (χ0v) is 15.1. The molecule has 6 heteroatoms. The first kappa shape index (κ1) is 17.9. The van der Waals surface area contributed by atoms with Gasteiger partial charge in [-0.15, -0.1) is 0 Å². The van der Waals surface area contributed by atoms with Crippen molar-refractivity contribution in [2.75, 3.05) is 26.2 Å². The van der Waals surface area contributed by atoms with Gasteiger partial charge < -0.3 is 14.4 Å². The highest BCUT2D eigenvalue weighted by atomic mass is 16.2. The fraction of sp³-hybridized carbons (Fsp3) is 0.350. The third-order valence-electron chi connectivity index (χ3n) is 4.81. The summed E-state index contributed by atoms with van der Waals surface area (Å²) in [5.41, 5.74) is 2.06. The Morgan fingerprint density at radius 2 is 1.42 bits per heavy atom. The molecule has 6 nitrogen and oxygen atoms in total. The standard InChI is InChI=1S/C20H23N3O3/c1-3-15-4-6-16(7-5-15)19(25)22-10-12-23(13-11-22)20(26)17-8-9-21(2)18(24)14-17/h4-9,14H,3,10-13H2,1-2H3. The Morgan fingerprint density at radius 3 is 1.92 bits per heavy atom. The Balaban J connectivity index is 1.62. The summed E-state index contributed by atoms with van der Waals surface area (Å²) in [4.78, 5) is 40.3. The number of carbonyl (C=O) groups is 2. The molecule has 0 N–H and O–H groups in total. The second-order valence-electron chi connectivity index (χ2n) is 6.50. The van der Waals surface area contributed by atoms with Crippen molar-refractivity contribution in [1.29, 1.82) is 0 Å². The summed E-state index contributed by atoms with van der Waals surface area (Å²) < 4.78 is 1.43. The molecule has 1 fully saturated rings. The van der Waals surface area contributed by atoms with Crippen LogP contribution in [0.2, 0.25) is 0 Å². The summed E-state index contributed by atoms with van der Waals surface area (Å²) in [7, 11) is 1.65. The van der Waals surface area contributed by atoms with E-state index in [2.05, 4.69) is 6.92 Å². The summed E-state index contributed by atoms with van der Waals surface area (Å²) in [6.45, 7) is 3.99. The van der Waals surface area contributed by atoms with Crippen molar-refractivity contribution in [3.8, 4) is 0 Å². The van der Waals surface area contributed by atoms with Gasteiger partial charge in [0.15, 0.2) is 0 Å². The van der Waals surface area contributed by atoms with E-state index >= 15 is 0 Å². The maximum Gasteiger partial charge on any atom is 0.254 e. The summed E-state index contributed by atoms with van der Waals surface area (Å²) >= 11 is 0. The number of hydrogen-bond acceptors (Lipinski definition) is 3. The summed E-state index contributed by atoms with van der Waals surface area (Å²) in [5.74, 6) is -0.171. The van der Waals surface area contributed by atoms with Gasteiger partial charge in [-0.3, -0.25) is 14.4 Å². The van der Waals surface area contributed by atoms with E-state index in [-0.39, 0.29) is 17.4 Å². The van der Waals surface area contributed by atoms with Crippen LogP contribution in [0.1, 0.15) is 33.2 Å². The molecule has 2 aromatic rings. The van der Waals surface area contributed by atoms with Gasteiger partial charge in [-0.25, -0.2) is 0 Å². The van der Waals surface area contributed by atoms with Crippen molar-refractivity contribution >= 4 is 11.8 Å². The minimum atomic E-state index is -0.208. The van der Waals surface area contributed by atoms with E-state index in [4.69, 9.17) is 0 Å². The predicted molar refractivity (Wildman–Crippen MR) is 99.3 cm³/mol. The minimum absolute atomic E-state index is 0.00617. The van der Waals surface area contributed by atoms with Gasteiger partial charge in [0.25, 0.3) is 17.4 Å². The molecule has 0 radical (unpaired) electrons. The smallest absolute Gasteiger partial charge is 0.254 e. The monoisotopic (exact) mass is 353 g/mol. The Kier molecular flexibility index (Phi) is 5.21. The van der Waals surface area contributed by atoms with Gasteiger partial charge in [0.05, 0.1) is 0 Å². The quantitative estimate of drug-likeness (QED) is 0.841. The van der Waals surface area contributed by atoms with Crippen LogP contribution >= 0.6 is 0 Å². The average Bonchev–Trinajstić information content (AvgIpc) is 2.69. The molecule has 0 atom stereocenters. The van der Waals surface area contributed by atoms with E-state index in [9.17, 15) is 14.4 Å². The molecular formula is C20H23N3O3. The van der Waals surface area contributed by atoms with Crippen molar-refractivity contribution in [3.05, 3.63) is 69.6 Å². The van der Waals surface area contributed by atoms with Crippen molar-refractivity contribution < 1.29 is 9.59 Å². The second kappa shape index (κ2) is 7.56. The van der Waals surface area contributed by atoms with Crippen molar-refractivity contribution in [2.24, 2.45) is 7.05 Å². The second-order valence-corrected chi connectivity index (χ2v) is 6.50. The van der Waals surface area contributed by atoms with Crippen LogP contribution in [0.5, 0.6) is 0 Å². The Bertz CT molecular complexity index is 863. The summed E-state index contributed by atoms with van der Waals surface area (Å²) in [5, 5.41) is 0. The van der Waals surface area contributed by atoms with Gasteiger partial charge in [-0.05, 0) is 30.2 Å². The maximum absolute atomic E-state index is 12.6. The summed E-state index contributed by atoms with van der Waals surface area (Å²) in [6.07, 6.45) is 2.53. The normalized spacial score (nSPS) is 14.4. The Labute approximate surface area is 152 Å². The molecule has 1 aromatic carbocycles. The third kappa shape index (κ3) is 3.69. The first-order valence-corrected chi connectivity index (χ1v) is 8.83. The van der Waals surface area contributed by atoms with Gasteiger partial charge in [-0.2, -0.15) is 0 Å². The van der Waals surface area contributed by atoms with Gasteiger partial charge in [-0.1, -0.05) is 19.1 Å². The van der Waals surface area contributed by atoms with Crippen LogP contribution < -0.4 is 5.56 Å². The molecule has 2 heterocycles. The zero-order chi connectivity index (χ0) is 18.7. The molecule has 2 amide bonds. The molecule has 0 bridgehead atoms. The fourth-order valence-electron chi connectivity index (χ4n) is 3.04. The van der Waals surface area contributed by atoms with Crippen LogP contribution in [0.25, 0.3) is 0 Å². The Morgan fingerprint density at radius 1 is 0.885 bits per heavy atom. The van der Waals surface area contributed by atoms with Crippen molar-refractivity contribution in [2.45, 2.75) is 13.3 Å². The maximum atomic E-state index is 12.6. The molecule has 0 saturated carbocycles. The van der Waals surface area contributed by atoms with Crippen LogP contribution in [0, 0.1) is 0 Å². The number of benzene rings is 1. The first-order chi connectivity index (χ1) is 12.5. The third-order valence-corrected chi connectivity index (χ3v) is 4.81. The van der Waals surface area contributed by atoms with Crippen LogP contribution in [0.15, 0.2) is 47.4 Å². The number of aryl methyl sites for hydroxylation is 2. The van der Waals surface area contributed by atoms with Crippen LogP contribution in [0.4, 0.5) is 0 Å². The number of carbonyl (C=O) groups excluding carboxylic acids is 2. The van der Waals surface area contributed by atoms with Gasteiger partial charge >= 0.3 is 0 Å². The molecule has 1 aromatic heterocycles. The lowest BCUT2D eigenvalue weighted by molar-refractivity contribution is 0.0535. The summed E-state index contributed by atoms with van der Waals surface area (Å²) in [6, 6.07) is 10.7. The lowest BCUT2D eigenvalue weighted by atomic mass is 10.1. The fourth-order valence-corrected chi connectivity index (χ4v) is 3.04. The van der Waals surface area contributed by atoms with E-state index in [1.54, 1.807) is 29.1 Å². The number of hydrogen-bond donors (Lipinski definition) is 0. The number of amides is 2. The van der Waals surface area contributed by atoms with Crippen LogP contribution in [-0.4, -0.2) is 52.4 Å². The molecule has 1 aliphatic heterocycles. The number of aromatic nitrogens is 1. The highest BCUT2D eigenvalue weighted by Gasteiger charge is 2.25. The first-order valence-electron chi connectivity index (χ1n) is 8.83. The average molecular weight is 353 g/mol. The van der Waals surface area contributed by atoms with Crippen molar-refractivity contribution in [1.82, 2.24) is 14.4 Å². The highest BCUT2D eigenvalue weighted by Crippen LogP contribution is 2.12. The number of rotatable bonds is 3. The number of piperazine rings is 1. The molecule has 136 valence electrons. The molecule has 0 aliphatic carbocycles. The molecule has 26 heavy (non-hydrogen) atoms. The minimum Gasteiger partial charge on any atom is -0.335 e. The molecule has 0 spiro atoms.